The zero-order valence-electron chi connectivity index (χ0n) is 31.6. The topological polar surface area (TPSA) is 384 Å². The van der Waals surface area contributed by atoms with Crippen LogP contribution in [0.1, 0.15) is 39.0 Å². The second-order valence-electron chi connectivity index (χ2n) is 13.1. The number of phosphoric acid groups is 3. The van der Waals surface area contributed by atoms with Gasteiger partial charge in [0.05, 0.1) is 26.1 Å². The summed E-state index contributed by atoms with van der Waals surface area (Å²) in [6, 6.07) is 9.52. The van der Waals surface area contributed by atoms with E-state index in [9.17, 15) is 57.9 Å². The third-order valence-corrected chi connectivity index (χ3v) is 11.7. The van der Waals surface area contributed by atoms with Crippen molar-refractivity contribution >= 4 is 69.1 Å². The fourth-order valence-corrected chi connectivity index (χ4v) is 8.23. The van der Waals surface area contributed by atoms with E-state index in [4.69, 9.17) is 24.6 Å². The second kappa shape index (κ2) is 22.0. The Hall–Kier alpha value is -3.26. The first-order chi connectivity index (χ1) is 27.4. The quantitative estimate of drug-likeness (QED) is 0.0521. The van der Waals surface area contributed by atoms with Crippen LogP contribution in [0.25, 0.3) is 11.2 Å². The molecule has 0 radical (unpaired) electrons. The van der Waals surface area contributed by atoms with E-state index in [0.717, 1.165) is 34.5 Å². The molecule has 1 fully saturated rings. The molecule has 11 N–H and O–H groups in total. The number of aromatic nitrogens is 4. The van der Waals surface area contributed by atoms with Crippen molar-refractivity contribution in [2.24, 2.45) is 5.41 Å². The predicted octanol–water partition coefficient (Wildman–Crippen LogP) is -0.136. The lowest BCUT2D eigenvalue weighted by molar-refractivity contribution is -0.137. The highest BCUT2D eigenvalue weighted by Crippen LogP contribution is 2.61. The summed E-state index contributed by atoms with van der Waals surface area (Å²) in [6.45, 7) is 2.04. The number of carbonyl (C=O) groups excluding carboxylic acids is 3. The molecule has 1 saturated heterocycles. The number of nitrogen functional groups attached to an aromatic ring is 1. The molecule has 1 aromatic carbocycles. The summed E-state index contributed by atoms with van der Waals surface area (Å²) in [5, 5.41) is 34.6. The second-order valence-corrected chi connectivity index (χ2v) is 18.6. The molecule has 25 nitrogen and oxygen atoms in total. The van der Waals surface area contributed by atoms with Gasteiger partial charge in [0.25, 0.3) is 0 Å². The minimum Gasteiger partial charge on any atom is -0.392 e. The van der Waals surface area contributed by atoms with Crippen molar-refractivity contribution in [2.75, 3.05) is 37.8 Å². The van der Waals surface area contributed by atoms with Crippen LogP contribution in [0.4, 0.5) is 5.82 Å². The average Bonchev–Trinajstić information content (AvgIpc) is 3.72. The third-order valence-electron chi connectivity index (χ3n) is 7.83. The Morgan fingerprint density at radius 3 is 2.29 bits per heavy atom. The van der Waals surface area contributed by atoms with E-state index in [0.29, 0.717) is 5.75 Å². The van der Waals surface area contributed by atoms with Gasteiger partial charge >= 0.3 is 23.5 Å². The molecule has 2 aromatic heterocycles. The molecular formula is C30H46N7O18P3S. The number of amides is 2. The number of rotatable bonds is 20. The molecule has 330 valence electrons. The zero-order chi connectivity index (χ0) is 44.2. The molecule has 1 aliphatic rings. The van der Waals surface area contributed by atoms with Crippen molar-refractivity contribution in [3.05, 3.63) is 48.5 Å². The van der Waals surface area contributed by atoms with Crippen molar-refractivity contribution < 1.29 is 85.6 Å². The summed E-state index contributed by atoms with van der Waals surface area (Å²) in [4.78, 5) is 85.9. The van der Waals surface area contributed by atoms with E-state index in [2.05, 4.69) is 34.4 Å². The number of hydrogen-bond acceptors (Lipinski definition) is 19. The Morgan fingerprint density at radius 1 is 1.02 bits per heavy atom. The van der Waals surface area contributed by atoms with Crippen LogP contribution < -0.4 is 16.4 Å². The highest BCUT2D eigenvalue weighted by molar-refractivity contribution is 8.13. The molecule has 3 aromatic rings. The Balaban J connectivity index is 0.00000103. The first kappa shape index (κ1) is 50.1. The van der Waals surface area contributed by atoms with Gasteiger partial charge in [-0.2, -0.15) is 4.31 Å². The van der Waals surface area contributed by atoms with Gasteiger partial charge in [-0.05, 0) is 5.56 Å². The van der Waals surface area contributed by atoms with E-state index in [-0.39, 0.29) is 48.2 Å². The van der Waals surface area contributed by atoms with Crippen molar-refractivity contribution in [3.8, 4) is 0 Å². The number of benzene rings is 1. The smallest absolute Gasteiger partial charge is 0.392 e. The maximum Gasteiger partial charge on any atom is 0.481 e. The summed E-state index contributed by atoms with van der Waals surface area (Å²) in [7, 11) is -16.4. The lowest BCUT2D eigenvalue weighted by Gasteiger charge is -2.30. The molecule has 4 rings (SSSR count). The Bertz CT molecular complexity index is 2030. The van der Waals surface area contributed by atoms with Crippen LogP contribution in [0, 0.1) is 5.41 Å². The largest absolute Gasteiger partial charge is 0.481 e. The van der Waals surface area contributed by atoms with Crippen molar-refractivity contribution in [1.29, 1.82) is 0 Å². The van der Waals surface area contributed by atoms with Crippen molar-refractivity contribution in [1.82, 2.24) is 30.2 Å². The van der Waals surface area contributed by atoms with Crippen LogP contribution in [-0.4, -0.2) is 128 Å². The van der Waals surface area contributed by atoms with E-state index in [1.54, 1.807) is 0 Å². The average molecular weight is 918 g/mol. The number of carbonyl (C=O) groups is 3. The van der Waals surface area contributed by atoms with Gasteiger partial charge in [0.15, 0.2) is 22.8 Å². The van der Waals surface area contributed by atoms with Gasteiger partial charge in [-0.15, -0.1) is 0 Å². The predicted molar refractivity (Wildman–Crippen MR) is 205 cm³/mol. The molecule has 7 atom stereocenters. The van der Waals surface area contributed by atoms with Gasteiger partial charge in [0.1, 0.15) is 36.3 Å². The van der Waals surface area contributed by atoms with E-state index < -0.39 is 84.6 Å². The summed E-state index contributed by atoms with van der Waals surface area (Å²) in [5.41, 5.74) is 5.23. The molecule has 0 bridgehead atoms. The third kappa shape index (κ3) is 16.3. The molecule has 2 unspecified atom stereocenters. The number of anilines is 1. The summed E-state index contributed by atoms with van der Waals surface area (Å²) in [6.07, 6.45) is -6.88. The normalized spacial score (nSPS) is 20.8. The van der Waals surface area contributed by atoms with Gasteiger partial charge in [0, 0.05) is 37.6 Å². The van der Waals surface area contributed by atoms with Crippen LogP contribution in [0.5, 0.6) is 0 Å². The van der Waals surface area contributed by atoms with Crippen LogP contribution >= 0.6 is 35.2 Å². The van der Waals surface area contributed by atoms with E-state index in [1.165, 1.54) is 20.8 Å². The van der Waals surface area contributed by atoms with Crippen molar-refractivity contribution in [2.45, 2.75) is 64.4 Å². The minimum atomic E-state index is -5.56. The van der Waals surface area contributed by atoms with Crippen LogP contribution in [0.15, 0.2) is 43.0 Å². The van der Waals surface area contributed by atoms with Crippen LogP contribution in [0.3, 0.4) is 0 Å². The zero-order valence-corrected chi connectivity index (χ0v) is 35.1. The molecule has 2 amide bonds. The Morgan fingerprint density at radius 2 is 1.68 bits per heavy atom. The van der Waals surface area contributed by atoms with Crippen LogP contribution in [0.2, 0.25) is 0 Å². The van der Waals surface area contributed by atoms with Crippen molar-refractivity contribution in [3.63, 3.8) is 0 Å². The van der Waals surface area contributed by atoms with Gasteiger partial charge in [0.2, 0.25) is 11.8 Å². The van der Waals surface area contributed by atoms with Crippen LogP contribution in [-0.2, 0) is 57.3 Å². The fraction of sp³-hybridized carbons (Fsp3) is 0.533. The maximum absolute atomic E-state index is 12.6. The number of aliphatic hydroxyl groups excluding tert-OH is 3. The number of nitrogens with two attached hydrogens (primary N) is 1. The Labute approximate surface area is 340 Å². The summed E-state index contributed by atoms with van der Waals surface area (Å²) in [5.74, 6) is -1.08. The fourth-order valence-electron chi connectivity index (χ4n) is 4.91. The number of ether oxygens (including phenoxy) is 1. The summed E-state index contributed by atoms with van der Waals surface area (Å²) >= 11 is 1.03. The number of thioether (sulfide) groups is 1. The molecule has 29 heteroatoms. The number of nitrogens with one attached hydrogen (secondary N) is 2. The van der Waals surface area contributed by atoms with Gasteiger partial charge < -0.3 is 56.0 Å². The highest BCUT2D eigenvalue weighted by atomic mass is 32.2. The molecule has 59 heavy (non-hydrogen) atoms. The van der Waals surface area contributed by atoms with Gasteiger partial charge in [-0.1, -0.05) is 55.9 Å². The lowest BCUT2D eigenvalue weighted by atomic mass is 9.87. The van der Waals surface area contributed by atoms with E-state index >= 15 is 0 Å². The number of imidazole rings is 1. The number of nitrogens with zero attached hydrogens (tertiary/aromatic N) is 4. The Kier molecular flexibility index (Phi) is 18.7. The number of phosphoric ester groups is 3. The minimum absolute atomic E-state index is 0.0310. The molecule has 3 heterocycles. The maximum atomic E-state index is 12.6. The first-order valence-electron chi connectivity index (χ1n) is 17.1. The monoisotopic (exact) mass is 917 g/mol. The number of hydrogen-bond donors (Lipinski definition) is 10. The van der Waals surface area contributed by atoms with E-state index in [1.807, 2.05) is 30.3 Å². The molecule has 0 spiro atoms. The SMILES string of the molecule is CC(=O)SCCNC(=O)CCNC(=O)[C@H](O)C(C)(C)COP(=O)(O)OP(=O)(O)OC[C@H]1O[C@@H](n2cnc3c(N)ncnc32)[C@H](O)[C@@H]1OP(=O)(O)O.OCc1ccccc1. The lowest BCUT2D eigenvalue weighted by Crippen LogP contribution is -2.46. The molecule has 0 saturated carbocycles. The summed E-state index contributed by atoms with van der Waals surface area (Å²) < 4.78 is 61.8. The first-order valence-corrected chi connectivity index (χ1v) is 22.6. The molecule has 1 aliphatic heterocycles. The molecule has 0 aliphatic carbocycles. The van der Waals surface area contributed by atoms with Gasteiger partial charge in [-0.25, -0.2) is 28.6 Å². The van der Waals surface area contributed by atoms with Gasteiger partial charge in [-0.3, -0.25) is 32.5 Å². The highest BCUT2D eigenvalue weighted by Gasteiger charge is 2.50. The standard InChI is InChI=1S/C23H38N7O17P3S.C7H8O/c1-12(31)51-7-6-25-14(32)4-5-26-21(35)18(34)23(2,3)9-44-50(41,42)47-49(39,40)43-8-13-17(46-48(36,37)38)16(33)22(45-13)30-11-29-15-19(24)27-10-28-20(15)30;8-6-7-4-2-1-3-5-7/h10-11,13,16-18,22,33-34H,4-9H2,1-3H3,(H,25,32)(H,26,35)(H,39,40)(H,41,42)(H2,24,27,28)(H2,36,37,38);1-5,8H,6H2/t13-,16-,17-,18+,22-;/m1./s1. The number of aliphatic hydroxyl groups is 3. The number of fused-ring (bicyclic) bond motifs is 1. The molecular weight excluding hydrogens is 871 g/mol.